The van der Waals surface area contributed by atoms with Gasteiger partial charge in [0.25, 0.3) is 0 Å². The van der Waals surface area contributed by atoms with Crippen molar-refractivity contribution < 1.29 is 13.2 Å². The minimum absolute atomic E-state index is 0.189. The first kappa shape index (κ1) is 23.9. The van der Waals surface area contributed by atoms with Gasteiger partial charge in [-0.05, 0) is 37.5 Å². The molecule has 0 spiro atoms. The van der Waals surface area contributed by atoms with Crippen molar-refractivity contribution in [1.82, 2.24) is 19.4 Å². The van der Waals surface area contributed by atoms with Crippen molar-refractivity contribution in [2.24, 2.45) is 0 Å². The predicted molar refractivity (Wildman–Crippen MR) is 129 cm³/mol. The minimum atomic E-state index is -3.67. The molecule has 2 heterocycles. The van der Waals surface area contributed by atoms with Crippen LogP contribution in [-0.2, 0) is 21.4 Å². The fraction of sp³-hybridized carbons (Fsp3) is 0.480. The zero-order valence-corrected chi connectivity index (χ0v) is 20.1. The van der Waals surface area contributed by atoms with Crippen molar-refractivity contribution in [2.75, 3.05) is 45.8 Å². The van der Waals surface area contributed by atoms with E-state index in [-0.39, 0.29) is 10.8 Å². The zero-order valence-electron chi connectivity index (χ0n) is 19.3. The van der Waals surface area contributed by atoms with E-state index < -0.39 is 16.1 Å². The molecule has 1 atom stereocenters. The number of hydrogen-bond acceptors (Lipinski definition) is 5. The molecular weight excluding hydrogens is 436 g/mol. The summed E-state index contributed by atoms with van der Waals surface area (Å²) in [6.45, 7) is 8.55. The van der Waals surface area contributed by atoms with Gasteiger partial charge in [0.2, 0.25) is 15.9 Å². The number of carbonyl (C=O) groups excluding carboxylic acids is 1. The fourth-order valence-electron chi connectivity index (χ4n) is 4.60. The highest BCUT2D eigenvalue weighted by Gasteiger charge is 2.39. The van der Waals surface area contributed by atoms with Gasteiger partial charge >= 0.3 is 0 Å². The van der Waals surface area contributed by atoms with E-state index in [0.717, 1.165) is 44.8 Å². The van der Waals surface area contributed by atoms with Gasteiger partial charge in [-0.1, -0.05) is 48.0 Å². The van der Waals surface area contributed by atoms with Gasteiger partial charge in [-0.3, -0.25) is 14.6 Å². The Hall–Kier alpha value is -2.26. The average molecular weight is 471 g/mol. The molecule has 7 nitrogen and oxygen atoms in total. The monoisotopic (exact) mass is 470 g/mol. The first-order valence-corrected chi connectivity index (χ1v) is 13.2. The third-order valence-corrected chi connectivity index (χ3v) is 8.50. The van der Waals surface area contributed by atoms with Gasteiger partial charge in [0.15, 0.2) is 0 Å². The van der Waals surface area contributed by atoms with E-state index in [1.807, 2.05) is 13.0 Å². The lowest BCUT2D eigenvalue weighted by Gasteiger charge is -2.34. The molecule has 0 saturated carbocycles. The van der Waals surface area contributed by atoms with Crippen molar-refractivity contribution in [3.63, 3.8) is 0 Å². The van der Waals surface area contributed by atoms with Crippen molar-refractivity contribution in [3.05, 3.63) is 65.7 Å². The molecule has 0 radical (unpaired) electrons. The normalized spacial score (nSPS) is 20.7. The molecule has 2 aromatic rings. The Labute approximate surface area is 197 Å². The van der Waals surface area contributed by atoms with E-state index in [4.69, 9.17) is 0 Å². The molecule has 2 fully saturated rings. The summed E-state index contributed by atoms with van der Waals surface area (Å²) in [4.78, 5) is 17.9. The Morgan fingerprint density at radius 2 is 1.61 bits per heavy atom. The van der Waals surface area contributed by atoms with Crippen molar-refractivity contribution in [1.29, 1.82) is 0 Å². The molecule has 2 aromatic carbocycles. The number of sulfonamides is 1. The maximum absolute atomic E-state index is 13.1. The summed E-state index contributed by atoms with van der Waals surface area (Å²) < 4.78 is 27.5. The van der Waals surface area contributed by atoms with Crippen LogP contribution in [0.4, 0.5) is 0 Å². The second-order valence-electron chi connectivity index (χ2n) is 8.98. The topological polar surface area (TPSA) is 73.0 Å². The summed E-state index contributed by atoms with van der Waals surface area (Å²) >= 11 is 0. The largest absolute Gasteiger partial charge is 0.353 e. The molecule has 2 aliphatic rings. The van der Waals surface area contributed by atoms with Crippen molar-refractivity contribution in [2.45, 2.75) is 37.2 Å². The molecular formula is C25H34N4O3S. The number of hydrogen-bond donors (Lipinski definition) is 1. The number of carbonyl (C=O) groups is 1. The van der Waals surface area contributed by atoms with Crippen LogP contribution in [0.3, 0.4) is 0 Å². The van der Waals surface area contributed by atoms with Gasteiger partial charge in [0.1, 0.15) is 6.04 Å². The summed E-state index contributed by atoms with van der Waals surface area (Å²) in [5, 5.41) is 2.99. The number of nitrogens with zero attached hydrogens (tertiary/aromatic N) is 3. The summed E-state index contributed by atoms with van der Waals surface area (Å²) in [7, 11) is -3.67. The Balaban J connectivity index is 1.23. The Bertz CT molecular complexity index is 1020. The summed E-state index contributed by atoms with van der Waals surface area (Å²) in [5.41, 5.74) is 2.34. The summed E-state index contributed by atoms with van der Waals surface area (Å²) in [5.74, 6) is -0.189. The van der Waals surface area contributed by atoms with Crippen LogP contribution in [0.5, 0.6) is 0 Å². The molecule has 1 N–H and O–H groups in total. The van der Waals surface area contributed by atoms with Gasteiger partial charge < -0.3 is 5.32 Å². The van der Waals surface area contributed by atoms with Crippen molar-refractivity contribution in [3.8, 4) is 0 Å². The van der Waals surface area contributed by atoms with E-state index in [2.05, 4.69) is 39.4 Å². The van der Waals surface area contributed by atoms with Crippen LogP contribution in [0, 0.1) is 6.92 Å². The molecule has 0 aromatic heterocycles. The maximum Gasteiger partial charge on any atom is 0.243 e. The maximum atomic E-state index is 13.1. The van der Waals surface area contributed by atoms with Gasteiger partial charge in [-0.25, -0.2) is 8.42 Å². The van der Waals surface area contributed by atoms with Gasteiger partial charge in [-0.15, -0.1) is 0 Å². The molecule has 0 aliphatic carbocycles. The Morgan fingerprint density at radius 3 is 2.30 bits per heavy atom. The molecule has 33 heavy (non-hydrogen) atoms. The number of aryl methyl sites for hydroxylation is 1. The van der Waals surface area contributed by atoms with Crippen LogP contribution >= 0.6 is 0 Å². The molecule has 8 heteroatoms. The van der Waals surface area contributed by atoms with Gasteiger partial charge in [0.05, 0.1) is 4.90 Å². The SMILES string of the molecule is Cc1ccc(S(=O)(=O)N2CCC[C@H]2C(=O)NCCN2CCN(Cc3ccccc3)CC2)cc1. The number of piperazine rings is 1. The number of benzene rings is 2. The highest BCUT2D eigenvalue weighted by molar-refractivity contribution is 7.89. The average Bonchev–Trinajstić information content (AvgIpc) is 3.32. The molecule has 2 saturated heterocycles. The molecule has 2 aliphatic heterocycles. The smallest absolute Gasteiger partial charge is 0.243 e. The van der Waals surface area contributed by atoms with Gasteiger partial charge in [-0.2, -0.15) is 4.31 Å². The molecule has 0 bridgehead atoms. The molecule has 1 amide bonds. The van der Waals surface area contributed by atoms with Gasteiger partial charge in [0, 0.05) is 52.4 Å². The van der Waals surface area contributed by atoms with E-state index >= 15 is 0 Å². The van der Waals surface area contributed by atoms with Crippen LogP contribution in [-0.4, -0.2) is 80.3 Å². The fourth-order valence-corrected chi connectivity index (χ4v) is 6.26. The Morgan fingerprint density at radius 1 is 0.939 bits per heavy atom. The number of amides is 1. The first-order chi connectivity index (χ1) is 15.9. The molecule has 0 unspecified atom stereocenters. The molecule has 4 rings (SSSR count). The second kappa shape index (κ2) is 10.8. The highest BCUT2D eigenvalue weighted by atomic mass is 32.2. The quantitative estimate of drug-likeness (QED) is 0.640. The third-order valence-electron chi connectivity index (χ3n) is 6.58. The van der Waals surface area contributed by atoms with Crippen LogP contribution in [0.15, 0.2) is 59.5 Å². The lowest BCUT2D eigenvalue weighted by atomic mass is 10.2. The Kier molecular flexibility index (Phi) is 7.80. The van der Waals surface area contributed by atoms with E-state index in [0.29, 0.717) is 25.9 Å². The van der Waals surface area contributed by atoms with Crippen LogP contribution in [0.1, 0.15) is 24.0 Å². The van der Waals surface area contributed by atoms with E-state index in [1.165, 1.54) is 9.87 Å². The highest BCUT2D eigenvalue weighted by Crippen LogP contribution is 2.26. The standard InChI is InChI=1S/C25H34N4O3S/c1-21-9-11-23(12-10-21)33(31,32)29-14-5-8-24(29)25(30)26-13-15-27-16-18-28(19-17-27)20-22-6-3-2-4-7-22/h2-4,6-7,9-12,24H,5,8,13-20H2,1H3,(H,26,30)/t24-/m0/s1. The summed E-state index contributed by atoms with van der Waals surface area (Å²) in [6.07, 6.45) is 1.27. The summed E-state index contributed by atoms with van der Waals surface area (Å²) in [6, 6.07) is 16.7. The van der Waals surface area contributed by atoms with Crippen LogP contribution in [0.2, 0.25) is 0 Å². The van der Waals surface area contributed by atoms with E-state index in [1.54, 1.807) is 24.3 Å². The predicted octanol–water partition coefficient (Wildman–Crippen LogP) is 2.08. The van der Waals surface area contributed by atoms with Crippen LogP contribution < -0.4 is 5.32 Å². The van der Waals surface area contributed by atoms with E-state index in [9.17, 15) is 13.2 Å². The lowest BCUT2D eigenvalue weighted by molar-refractivity contribution is -0.124. The second-order valence-corrected chi connectivity index (χ2v) is 10.9. The first-order valence-electron chi connectivity index (χ1n) is 11.8. The lowest BCUT2D eigenvalue weighted by Crippen LogP contribution is -2.50. The minimum Gasteiger partial charge on any atom is -0.353 e. The number of nitrogens with one attached hydrogen (secondary N) is 1. The zero-order chi connectivity index (χ0) is 23.3. The number of rotatable bonds is 8. The molecule has 178 valence electrons. The van der Waals surface area contributed by atoms with Crippen LogP contribution in [0.25, 0.3) is 0 Å². The third kappa shape index (κ3) is 6.00. The van der Waals surface area contributed by atoms with Crippen molar-refractivity contribution >= 4 is 15.9 Å².